The highest BCUT2D eigenvalue weighted by atomic mass is 16.2. The second-order valence-corrected chi connectivity index (χ2v) is 5.25. The highest BCUT2D eigenvalue weighted by molar-refractivity contribution is 5.98. The molecule has 1 unspecified atom stereocenters. The summed E-state index contributed by atoms with van der Waals surface area (Å²) in [6.07, 6.45) is 1.20. The van der Waals surface area contributed by atoms with E-state index in [0.717, 1.165) is 17.7 Å². The molecular formula is C15H18N2O. The summed E-state index contributed by atoms with van der Waals surface area (Å²) in [6.45, 7) is 6.02. The van der Waals surface area contributed by atoms with Crippen LogP contribution >= 0.6 is 0 Å². The molecule has 94 valence electrons. The molecule has 0 radical (unpaired) electrons. The van der Waals surface area contributed by atoms with Crippen molar-refractivity contribution in [2.45, 2.75) is 39.2 Å². The van der Waals surface area contributed by atoms with Gasteiger partial charge in [0.25, 0.3) is 0 Å². The summed E-state index contributed by atoms with van der Waals surface area (Å²) in [7, 11) is 0. The molecule has 0 bridgehead atoms. The van der Waals surface area contributed by atoms with Crippen LogP contribution in [0.25, 0.3) is 0 Å². The number of nitrogens with zero attached hydrogens (tertiary/aromatic N) is 2. The minimum absolute atomic E-state index is 0.0486. The lowest BCUT2D eigenvalue weighted by Gasteiger charge is -2.34. The van der Waals surface area contributed by atoms with Crippen LogP contribution in [0.4, 0.5) is 5.69 Å². The monoisotopic (exact) mass is 242 g/mol. The molecule has 0 aliphatic carbocycles. The molecule has 1 aliphatic rings. The summed E-state index contributed by atoms with van der Waals surface area (Å²) in [4.78, 5) is 14.0. The Morgan fingerprint density at radius 1 is 1.44 bits per heavy atom. The lowest BCUT2D eigenvalue weighted by Crippen LogP contribution is -2.44. The lowest BCUT2D eigenvalue weighted by atomic mass is 9.89. The standard InChI is InChI=1S/C15H18N2O/c1-4-11-7-5-6-8-13(11)17-14(18)9-12(10-16)15(17,2)3/h5-8,12H,4,9H2,1-3H3. The van der Waals surface area contributed by atoms with E-state index in [2.05, 4.69) is 13.0 Å². The number of para-hydroxylation sites is 1. The Labute approximate surface area is 108 Å². The Hall–Kier alpha value is -1.82. The van der Waals surface area contributed by atoms with Crippen molar-refractivity contribution < 1.29 is 4.79 Å². The van der Waals surface area contributed by atoms with Crippen LogP contribution in [-0.4, -0.2) is 11.4 Å². The Kier molecular flexibility index (Phi) is 3.13. The minimum atomic E-state index is -0.433. The highest BCUT2D eigenvalue weighted by Gasteiger charge is 2.47. The van der Waals surface area contributed by atoms with Gasteiger partial charge in [-0.05, 0) is 31.9 Å². The van der Waals surface area contributed by atoms with Gasteiger partial charge in [-0.2, -0.15) is 5.26 Å². The van der Waals surface area contributed by atoms with E-state index in [-0.39, 0.29) is 11.8 Å². The maximum absolute atomic E-state index is 12.2. The van der Waals surface area contributed by atoms with Crippen LogP contribution in [0, 0.1) is 17.2 Å². The Bertz CT molecular complexity index is 513. The van der Waals surface area contributed by atoms with Crippen LogP contribution in [0.1, 0.15) is 32.8 Å². The molecule has 3 nitrogen and oxygen atoms in total. The topological polar surface area (TPSA) is 44.1 Å². The summed E-state index contributed by atoms with van der Waals surface area (Å²) in [5, 5.41) is 9.18. The molecule has 2 rings (SSSR count). The van der Waals surface area contributed by atoms with Crippen molar-refractivity contribution in [2.24, 2.45) is 5.92 Å². The lowest BCUT2D eigenvalue weighted by molar-refractivity contribution is -0.117. The molecule has 0 saturated carbocycles. The molecule has 1 atom stereocenters. The van der Waals surface area contributed by atoms with Crippen molar-refractivity contribution in [3.63, 3.8) is 0 Å². The van der Waals surface area contributed by atoms with Crippen molar-refractivity contribution in [1.29, 1.82) is 5.26 Å². The van der Waals surface area contributed by atoms with E-state index in [0.29, 0.717) is 6.42 Å². The number of hydrogen-bond acceptors (Lipinski definition) is 2. The van der Waals surface area contributed by atoms with Gasteiger partial charge in [0.15, 0.2) is 0 Å². The van der Waals surface area contributed by atoms with Gasteiger partial charge in [-0.25, -0.2) is 0 Å². The summed E-state index contributed by atoms with van der Waals surface area (Å²) in [5.41, 5.74) is 1.67. The summed E-state index contributed by atoms with van der Waals surface area (Å²) >= 11 is 0. The molecule has 1 heterocycles. The van der Waals surface area contributed by atoms with Gasteiger partial charge in [0.1, 0.15) is 0 Å². The molecule has 3 heteroatoms. The molecule has 1 aromatic rings. The number of carbonyl (C=O) groups excluding carboxylic acids is 1. The zero-order valence-corrected chi connectivity index (χ0v) is 11.1. The van der Waals surface area contributed by atoms with Crippen LogP contribution in [0.2, 0.25) is 0 Å². The van der Waals surface area contributed by atoms with Gasteiger partial charge < -0.3 is 4.90 Å². The third kappa shape index (κ3) is 1.78. The predicted octanol–water partition coefficient (Wildman–Crippen LogP) is 2.90. The molecule has 1 aliphatic heterocycles. The maximum atomic E-state index is 12.2. The summed E-state index contributed by atoms with van der Waals surface area (Å²) in [6, 6.07) is 10.2. The average molecular weight is 242 g/mol. The van der Waals surface area contributed by atoms with E-state index in [1.807, 2.05) is 38.1 Å². The van der Waals surface area contributed by atoms with Gasteiger partial charge in [-0.1, -0.05) is 25.1 Å². The molecule has 0 aromatic heterocycles. The second-order valence-electron chi connectivity index (χ2n) is 5.25. The van der Waals surface area contributed by atoms with Crippen LogP contribution < -0.4 is 4.90 Å². The van der Waals surface area contributed by atoms with Crippen LogP contribution in [0.3, 0.4) is 0 Å². The fourth-order valence-corrected chi connectivity index (χ4v) is 2.67. The van der Waals surface area contributed by atoms with Gasteiger partial charge in [0.05, 0.1) is 17.5 Å². The van der Waals surface area contributed by atoms with Crippen molar-refractivity contribution in [3.05, 3.63) is 29.8 Å². The fraction of sp³-hybridized carbons (Fsp3) is 0.467. The Morgan fingerprint density at radius 2 is 2.11 bits per heavy atom. The quantitative estimate of drug-likeness (QED) is 0.800. The number of benzene rings is 1. The van der Waals surface area contributed by atoms with E-state index in [4.69, 9.17) is 0 Å². The number of amides is 1. The van der Waals surface area contributed by atoms with Crippen molar-refractivity contribution in [3.8, 4) is 6.07 Å². The van der Waals surface area contributed by atoms with Gasteiger partial charge in [0.2, 0.25) is 5.91 Å². The smallest absolute Gasteiger partial charge is 0.228 e. The number of anilines is 1. The van der Waals surface area contributed by atoms with Gasteiger partial charge in [-0.3, -0.25) is 4.79 Å². The third-order valence-electron chi connectivity index (χ3n) is 3.83. The molecule has 1 aromatic carbocycles. The van der Waals surface area contributed by atoms with Gasteiger partial charge in [0, 0.05) is 12.1 Å². The number of hydrogen-bond donors (Lipinski definition) is 0. The number of nitriles is 1. The average Bonchev–Trinajstić information content (AvgIpc) is 2.58. The SMILES string of the molecule is CCc1ccccc1N1C(=O)CC(C#N)C1(C)C. The first kappa shape index (κ1) is 12.6. The molecule has 1 amide bonds. The first-order valence-corrected chi connectivity index (χ1v) is 6.33. The van der Waals surface area contributed by atoms with Crippen molar-refractivity contribution in [1.82, 2.24) is 0 Å². The first-order chi connectivity index (χ1) is 8.52. The molecular weight excluding hydrogens is 224 g/mol. The molecule has 1 fully saturated rings. The maximum Gasteiger partial charge on any atom is 0.228 e. The fourth-order valence-electron chi connectivity index (χ4n) is 2.67. The largest absolute Gasteiger partial charge is 0.305 e. The Balaban J connectivity index is 2.50. The number of aryl methyl sites for hydroxylation is 1. The number of carbonyl (C=O) groups is 1. The van der Waals surface area contributed by atoms with E-state index in [9.17, 15) is 10.1 Å². The summed E-state index contributed by atoms with van der Waals surface area (Å²) < 4.78 is 0. The summed E-state index contributed by atoms with van der Waals surface area (Å²) in [5.74, 6) is -0.192. The molecule has 0 N–H and O–H groups in total. The van der Waals surface area contributed by atoms with E-state index in [1.165, 1.54) is 0 Å². The molecule has 18 heavy (non-hydrogen) atoms. The number of rotatable bonds is 2. The van der Waals surface area contributed by atoms with Crippen molar-refractivity contribution >= 4 is 11.6 Å². The molecule has 0 spiro atoms. The van der Waals surface area contributed by atoms with Crippen molar-refractivity contribution in [2.75, 3.05) is 4.90 Å². The Morgan fingerprint density at radius 3 is 2.67 bits per heavy atom. The van der Waals surface area contributed by atoms with E-state index in [1.54, 1.807) is 4.90 Å². The first-order valence-electron chi connectivity index (χ1n) is 6.33. The van der Waals surface area contributed by atoms with Crippen LogP contribution in [-0.2, 0) is 11.2 Å². The van der Waals surface area contributed by atoms with E-state index < -0.39 is 5.54 Å². The second kappa shape index (κ2) is 4.45. The highest BCUT2D eigenvalue weighted by Crippen LogP contribution is 2.40. The van der Waals surface area contributed by atoms with Crippen LogP contribution in [0.15, 0.2) is 24.3 Å². The normalized spacial score (nSPS) is 22.0. The molecule has 1 saturated heterocycles. The predicted molar refractivity (Wildman–Crippen MR) is 71.1 cm³/mol. The minimum Gasteiger partial charge on any atom is -0.305 e. The van der Waals surface area contributed by atoms with E-state index >= 15 is 0 Å². The third-order valence-corrected chi connectivity index (χ3v) is 3.83. The van der Waals surface area contributed by atoms with Gasteiger partial charge in [-0.15, -0.1) is 0 Å². The zero-order chi connectivity index (χ0) is 13.3. The van der Waals surface area contributed by atoms with Crippen LogP contribution in [0.5, 0.6) is 0 Å². The zero-order valence-electron chi connectivity index (χ0n) is 11.1. The van der Waals surface area contributed by atoms with Gasteiger partial charge >= 0.3 is 0 Å².